The topological polar surface area (TPSA) is 30.5 Å². The van der Waals surface area contributed by atoms with E-state index in [-0.39, 0.29) is 12.6 Å². The highest BCUT2D eigenvalue weighted by atomic mass is 19.4. The second-order valence-corrected chi connectivity index (χ2v) is 3.22. The second-order valence-electron chi connectivity index (χ2n) is 3.22. The molecule has 0 bridgehead atoms. The van der Waals surface area contributed by atoms with Gasteiger partial charge in [0, 0.05) is 12.6 Å². The Bertz CT molecular complexity index is 174. The van der Waals surface area contributed by atoms with Gasteiger partial charge in [0.25, 0.3) is 0 Å². The van der Waals surface area contributed by atoms with Crippen LogP contribution in [0.5, 0.6) is 0 Å². The van der Waals surface area contributed by atoms with Crippen LogP contribution in [0.4, 0.5) is 13.2 Å². The van der Waals surface area contributed by atoms with Crippen LogP contribution in [0.25, 0.3) is 0 Å². The van der Waals surface area contributed by atoms with E-state index in [0.29, 0.717) is 13.0 Å². The summed E-state index contributed by atoms with van der Waals surface area (Å²) in [6, 6.07) is -0.0499. The molecule has 1 rings (SSSR count). The van der Waals surface area contributed by atoms with E-state index in [2.05, 4.69) is 5.32 Å². The largest absolute Gasteiger partial charge is 0.411 e. The van der Waals surface area contributed by atoms with Gasteiger partial charge in [0.15, 0.2) is 0 Å². The summed E-state index contributed by atoms with van der Waals surface area (Å²) in [5, 5.41) is 2.92. The number of hydrogen-bond acceptors (Lipinski definition) is 3. The Balaban J connectivity index is 2.33. The molecule has 6 heteroatoms. The molecule has 0 spiro atoms. The minimum absolute atomic E-state index is 0.0499. The van der Waals surface area contributed by atoms with E-state index in [0.717, 1.165) is 0 Å². The molecular weight excluding hydrogens is 199 g/mol. The van der Waals surface area contributed by atoms with Gasteiger partial charge in [-0.2, -0.15) is 13.2 Å². The summed E-state index contributed by atoms with van der Waals surface area (Å²) in [5.74, 6) is 0. The highest BCUT2D eigenvalue weighted by molar-refractivity contribution is 4.79. The molecule has 0 aromatic rings. The van der Waals surface area contributed by atoms with Gasteiger partial charge >= 0.3 is 6.18 Å². The molecule has 0 amide bonds. The first-order valence-electron chi connectivity index (χ1n) is 4.46. The number of alkyl halides is 3. The van der Waals surface area contributed by atoms with Crippen LogP contribution in [-0.4, -0.2) is 45.2 Å². The van der Waals surface area contributed by atoms with Gasteiger partial charge in [-0.1, -0.05) is 0 Å². The van der Waals surface area contributed by atoms with E-state index in [1.165, 1.54) is 0 Å². The summed E-state index contributed by atoms with van der Waals surface area (Å²) in [7, 11) is 1.71. The van der Waals surface area contributed by atoms with Crippen molar-refractivity contribution in [1.29, 1.82) is 0 Å². The molecule has 1 aliphatic rings. The zero-order chi connectivity index (χ0) is 10.6. The maximum atomic E-state index is 11.9. The molecular formula is C8H14F3NO2. The minimum Gasteiger partial charge on any atom is -0.379 e. The van der Waals surface area contributed by atoms with Crippen molar-refractivity contribution in [3.63, 3.8) is 0 Å². The third-order valence-corrected chi connectivity index (χ3v) is 2.14. The summed E-state index contributed by atoms with van der Waals surface area (Å²) in [6.07, 6.45) is -4.09. The van der Waals surface area contributed by atoms with Crippen LogP contribution in [0.3, 0.4) is 0 Å². The second kappa shape index (κ2) is 4.95. The average molecular weight is 213 g/mol. The van der Waals surface area contributed by atoms with Gasteiger partial charge in [0.2, 0.25) is 0 Å². The summed E-state index contributed by atoms with van der Waals surface area (Å²) in [5.41, 5.74) is 0. The van der Waals surface area contributed by atoms with Gasteiger partial charge in [-0.3, -0.25) is 0 Å². The number of hydrogen-bond donors (Lipinski definition) is 1. The molecule has 0 aromatic carbocycles. The monoisotopic (exact) mass is 213 g/mol. The molecule has 2 unspecified atom stereocenters. The zero-order valence-corrected chi connectivity index (χ0v) is 7.93. The van der Waals surface area contributed by atoms with Crippen molar-refractivity contribution < 1.29 is 22.6 Å². The van der Waals surface area contributed by atoms with Crippen molar-refractivity contribution in [1.82, 2.24) is 5.32 Å². The van der Waals surface area contributed by atoms with E-state index in [1.807, 2.05) is 0 Å². The Labute approximate surface area is 80.6 Å². The van der Waals surface area contributed by atoms with Crippen molar-refractivity contribution in [2.75, 3.05) is 26.9 Å². The van der Waals surface area contributed by atoms with Crippen molar-refractivity contribution >= 4 is 0 Å². The third-order valence-electron chi connectivity index (χ3n) is 2.14. The molecule has 1 N–H and O–H groups in total. The molecule has 0 aromatic heterocycles. The van der Waals surface area contributed by atoms with E-state index in [4.69, 9.17) is 9.47 Å². The Hall–Kier alpha value is -0.330. The molecule has 0 aliphatic carbocycles. The molecule has 0 saturated carbocycles. The molecule has 1 heterocycles. The van der Waals surface area contributed by atoms with Crippen molar-refractivity contribution in [2.45, 2.75) is 24.7 Å². The minimum atomic E-state index is -4.27. The number of rotatable bonds is 3. The van der Waals surface area contributed by atoms with Crippen molar-refractivity contribution in [3.8, 4) is 0 Å². The Morgan fingerprint density at radius 3 is 2.79 bits per heavy atom. The van der Waals surface area contributed by atoms with Crippen LogP contribution in [0.1, 0.15) is 6.42 Å². The first-order chi connectivity index (χ1) is 6.53. The number of halogens is 3. The van der Waals surface area contributed by atoms with Gasteiger partial charge in [-0.25, -0.2) is 0 Å². The average Bonchev–Trinajstić information content (AvgIpc) is 2.14. The van der Waals surface area contributed by atoms with Gasteiger partial charge < -0.3 is 14.8 Å². The van der Waals surface area contributed by atoms with Gasteiger partial charge in [-0.05, 0) is 13.5 Å². The van der Waals surface area contributed by atoms with Crippen LogP contribution in [0.15, 0.2) is 0 Å². The zero-order valence-electron chi connectivity index (χ0n) is 7.93. The molecule has 84 valence electrons. The fourth-order valence-electron chi connectivity index (χ4n) is 1.41. The van der Waals surface area contributed by atoms with E-state index < -0.39 is 18.9 Å². The highest BCUT2D eigenvalue weighted by Crippen LogP contribution is 2.18. The lowest BCUT2D eigenvalue weighted by molar-refractivity contribution is -0.198. The van der Waals surface area contributed by atoms with E-state index >= 15 is 0 Å². The molecule has 1 aliphatic heterocycles. The Morgan fingerprint density at radius 1 is 1.50 bits per heavy atom. The number of likely N-dealkylation sites (N-methyl/N-ethyl adjacent to an activating group) is 1. The van der Waals surface area contributed by atoms with Crippen LogP contribution < -0.4 is 5.32 Å². The van der Waals surface area contributed by atoms with Crippen LogP contribution in [-0.2, 0) is 9.47 Å². The lowest BCUT2D eigenvalue weighted by Crippen LogP contribution is -2.47. The van der Waals surface area contributed by atoms with E-state index in [1.54, 1.807) is 7.05 Å². The summed E-state index contributed by atoms with van der Waals surface area (Å²) in [6.45, 7) is -0.418. The summed E-state index contributed by atoms with van der Waals surface area (Å²) in [4.78, 5) is 0. The lowest BCUT2D eigenvalue weighted by Gasteiger charge is -2.31. The lowest BCUT2D eigenvalue weighted by atomic mass is 10.1. The fraction of sp³-hybridized carbons (Fsp3) is 1.00. The quantitative estimate of drug-likeness (QED) is 0.757. The fourth-order valence-corrected chi connectivity index (χ4v) is 1.41. The maximum absolute atomic E-state index is 11.9. The van der Waals surface area contributed by atoms with Crippen molar-refractivity contribution in [3.05, 3.63) is 0 Å². The standard InChI is InChI=1S/C8H14F3NO2/c1-12-6-2-3-13-4-7(6)14-5-8(9,10)11/h6-7,12H,2-5H2,1H3. The van der Waals surface area contributed by atoms with E-state index in [9.17, 15) is 13.2 Å². The smallest absolute Gasteiger partial charge is 0.379 e. The first kappa shape index (κ1) is 11.7. The molecule has 1 saturated heterocycles. The number of nitrogens with one attached hydrogen (secondary N) is 1. The normalized spacial score (nSPS) is 29.1. The van der Waals surface area contributed by atoms with Crippen molar-refractivity contribution in [2.24, 2.45) is 0 Å². The van der Waals surface area contributed by atoms with Gasteiger partial charge in [-0.15, -0.1) is 0 Å². The summed E-state index contributed by atoms with van der Waals surface area (Å²) >= 11 is 0. The molecule has 1 fully saturated rings. The van der Waals surface area contributed by atoms with Gasteiger partial charge in [0.05, 0.1) is 12.7 Å². The van der Waals surface area contributed by atoms with Crippen LogP contribution in [0, 0.1) is 0 Å². The number of ether oxygens (including phenoxy) is 2. The maximum Gasteiger partial charge on any atom is 0.411 e. The van der Waals surface area contributed by atoms with Gasteiger partial charge in [0.1, 0.15) is 6.61 Å². The van der Waals surface area contributed by atoms with Crippen LogP contribution in [0.2, 0.25) is 0 Å². The first-order valence-corrected chi connectivity index (χ1v) is 4.46. The predicted octanol–water partition coefficient (Wildman–Crippen LogP) is 0.942. The molecule has 0 radical (unpaired) electrons. The predicted molar refractivity (Wildman–Crippen MR) is 44.1 cm³/mol. The highest BCUT2D eigenvalue weighted by Gasteiger charge is 2.32. The Kier molecular flexibility index (Phi) is 4.15. The third kappa shape index (κ3) is 3.81. The Morgan fingerprint density at radius 2 is 2.21 bits per heavy atom. The molecule has 3 nitrogen and oxygen atoms in total. The summed E-state index contributed by atoms with van der Waals surface area (Å²) < 4.78 is 45.4. The molecule has 14 heavy (non-hydrogen) atoms. The molecule has 2 atom stereocenters. The van der Waals surface area contributed by atoms with Crippen LogP contribution >= 0.6 is 0 Å². The SMILES string of the molecule is CNC1CCOCC1OCC(F)(F)F.